The van der Waals surface area contributed by atoms with Crippen molar-refractivity contribution in [2.75, 3.05) is 0 Å². The van der Waals surface area contributed by atoms with E-state index < -0.39 is 0 Å². The van der Waals surface area contributed by atoms with Gasteiger partial charge < -0.3 is 15.0 Å². The van der Waals surface area contributed by atoms with E-state index in [-0.39, 0.29) is 11.2 Å². The molecular formula is C14H22N2O2. The Morgan fingerprint density at radius 2 is 2.11 bits per heavy atom. The SMILES string of the molecule is CCn1c(C)cc(=O)c(O)c1CNC1CCCC1. The van der Waals surface area contributed by atoms with Gasteiger partial charge in [0.25, 0.3) is 0 Å². The Hall–Kier alpha value is -1.29. The first kappa shape index (κ1) is 13.1. The number of pyridine rings is 1. The van der Waals surface area contributed by atoms with Gasteiger partial charge in [0, 0.05) is 30.9 Å². The second-order valence-electron chi connectivity index (χ2n) is 5.05. The third-order valence-electron chi connectivity index (χ3n) is 3.83. The van der Waals surface area contributed by atoms with Crippen molar-refractivity contribution in [2.24, 2.45) is 0 Å². The Bertz CT molecular complexity index is 473. The molecule has 0 radical (unpaired) electrons. The minimum absolute atomic E-state index is 0.104. The zero-order chi connectivity index (χ0) is 13.1. The lowest BCUT2D eigenvalue weighted by molar-refractivity contribution is 0.431. The predicted octanol–water partition coefficient (Wildman–Crippen LogP) is 1.91. The van der Waals surface area contributed by atoms with E-state index in [4.69, 9.17) is 0 Å². The Morgan fingerprint density at radius 3 is 2.72 bits per heavy atom. The van der Waals surface area contributed by atoms with Gasteiger partial charge in [-0.3, -0.25) is 4.79 Å². The van der Waals surface area contributed by atoms with Crippen LogP contribution in [0.3, 0.4) is 0 Å². The highest BCUT2D eigenvalue weighted by Crippen LogP contribution is 2.20. The van der Waals surface area contributed by atoms with Gasteiger partial charge in [-0.05, 0) is 26.7 Å². The molecule has 1 saturated carbocycles. The number of aromatic hydroxyl groups is 1. The first-order valence-corrected chi connectivity index (χ1v) is 6.79. The highest BCUT2D eigenvalue weighted by molar-refractivity contribution is 5.29. The smallest absolute Gasteiger partial charge is 0.223 e. The fourth-order valence-electron chi connectivity index (χ4n) is 2.81. The molecule has 2 N–H and O–H groups in total. The number of hydrogen-bond donors (Lipinski definition) is 2. The summed E-state index contributed by atoms with van der Waals surface area (Å²) in [5.74, 6) is -0.104. The molecule has 100 valence electrons. The van der Waals surface area contributed by atoms with Crippen LogP contribution in [0.4, 0.5) is 0 Å². The Kier molecular flexibility index (Phi) is 4.07. The van der Waals surface area contributed by atoms with Gasteiger partial charge in [0.15, 0.2) is 5.75 Å². The highest BCUT2D eigenvalue weighted by atomic mass is 16.3. The normalized spacial score (nSPS) is 16.3. The molecule has 4 nitrogen and oxygen atoms in total. The number of aromatic nitrogens is 1. The number of rotatable bonds is 4. The Morgan fingerprint density at radius 1 is 1.44 bits per heavy atom. The van der Waals surface area contributed by atoms with E-state index in [0.717, 1.165) is 17.9 Å². The van der Waals surface area contributed by atoms with Crippen LogP contribution in [0.25, 0.3) is 0 Å². The maximum absolute atomic E-state index is 11.6. The van der Waals surface area contributed by atoms with Gasteiger partial charge in [0.2, 0.25) is 5.43 Å². The summed E-state index contributed by atoms with van der Waals surface area (Å²) in [6.07, 6.45) is 4.95. The van der Waals surface area contributed by atoms with E-state index in [1.54, 1.807) is 0 Å². The minimum atomic E-state index is -0.277. The quantitative estimate of drug-likeness (QED) is 0.858. The Labute approximate surface area is 108 Å². The van der Waals surface area contributed by atoms with E-state index in [0.29, 0.717) is 12.6 Å². The standard InChI is InChI=1S/C14H22N2O2/c1-3-16-10(2)8-13(17)14(18)12(16)9-15-11-6-4-5-7-11/h8,11,15,18H,3-7,9H2,1-2H3. The molecule has 1 aromatic rings. The second kappa shape index (κ2) is 5.57. The highest BCUT2D eigenvalue weighted by Gasteiger charge is 2.17. The van der Waals surface area contributed by atoms with Crippen LogP contribution in [0.15, 0.2) is 10.9 Å². The van der Waals surface area contributed by atoms with Gasteiger partial charge >= 0.3 is 0 Å². The average molecular weight is 250 g/mol. The molecule has 18 heavy (non-hydrogen) atoms. The molecule has 0 aliphatic heterocycles. The lowest BCUT2D eigenvalue weighted by atomic mass is 10.2. The van der Waals surface area contributed by atoms with Crippen LogP contribution in [0.2, 0.25) is 0 Å². The van der Waals surface area contributed by atoms with Crippen molar-refractivity contribution in [3.63, 3.8) is 0 Å². The van der Waals surface area contributed by atoms with E-state index in [1.165, 1.54) is 31.7 Å². The predicted molar refractivity (Wildman–Crippen MR) is 71.9 cm³/mol. The van der Waals surface area contributed by atoms with E-state index in [1.807, 2.05) is 18.4 Å². The first-order valence-electron chi connectivity index (χ1n) is 6.79. The lowest BCUT2D eigenvalue weighted by Gasteiger charge is -2.19. The zero-order valence-corrected chi connectivity index (χ0v) is 11.2. The number of hydrogen-bond acceptors (Lipinski definition) is 3. The third-order valence-corrected chi connectivity index (χ3v) is 3.83. The van der Waals surface area contributed by atoms with Gasteiger partial charge in [-0.15, -0.1) is 0 Å². The molecular weight excluding hydrogens is 228 g/mol. The van der Waals surface area contributed by atoms with E-state index >= 15 is 0 Å². The van der Waals surface area contributed by atoms with Crippen molar-refractivity contribution in [2.45, 2.75) is 58.7 Å². The number of nitrogens with one attached hydrogen (secondary N) is 1. The van der Waals surface area contributed by atoms with Crippen LogP contribution in [0.5, 0.6) is 5.75 Å². The maximum Gasteiger partial charge on any atom is 0.223 e. The van der Waals surface area contributed by atoms with Crippen LogP contribution in [0.1, 0.15) is 44.0 Å². The third kappa shape index (κ3) is 2.58. The fraction of sp³-hybridized carbons (Fsp3) is 0.643. The summed E-state index contributed by atoms with van der Waals surface area (Å²) < 4.78 is 2.00. The second-order valence-corrected chi connectivity index (χ2v) is 5.05. The van der Waals surface area contributed by atoms with Crippen LogP contribution in [0, 0.1) is 6.92 Å². The van der Waals surface area contributed by atoms with Gasteiger partial charge in [-0.2, -0.15) is 0 Å². The number of nitrogens with zero attached hydrogens (tertiary/aromatic N) is 1. The molecule has 1 heterocycles. The Balaban J connectivity index is 2.21. The maximum atomic E-state index is 11.6. The molecule has 0 spiro atoms. The van der Waals surface area contributed by atoms with Crippen LogP contribution < -0.4 is 10.7 Å². The number of aryl methyl sites for hydroxylation is 1. The monoisotopic (exact) mass is 250 g/mol. The molecule has 1 fully saturated rings. The minimum Gasteiger partial charge on any atom is -0.503 e. The van der Waals surface area contributed by atoms with Gasteiger partial charge in [-0.25, -0.2) is 0 Å². The molecule has 2 rings (SSSR count). The summed E-state index contributed by atoms with van der Waals surface area (Å²) in [6, 6.07) is 2.03. The summed E-state index contributed by atoms with van der Waals surface area (Å²) in [4.78, 5) is 11.6. The molecule has 4 heteroatoms. The molecule has 0 amide bonds. The van der Waals surface area contributed by atoms with Crippen molar-refractivity contribution in [3.05, 3.63) is 27.7 Å². The lowest BCUT2D eigenvalue weighted by Crippen LogP contribution is -2.28. The van der Waals surface area contributed by atoms with Gasteiger partial charge in [0.1, 0.15) is 0 Å². The largest absolute Gasteiger partial charge is 0.503 e. The molecule has 0 unspecified atom stereocenters. The summed E-state index contributed by atoms with van der Waals surface area (Å²) in [5.41, 5.74) is 1.35. The molecule has 1 aliphatic carbocycles. The molecule has 0 saturated heterocycles. The van der Waals surface area contributed by atoms with E-state index in [2.05, 4.69) is 5.32 Å². The summed E-state index contributed by atoms with van der Waals surface area (Å²) in [7, 11) is 0. The molecule has 1 aromatic heterocycles. The van der Waals surface area contributed by atoms with Crippen molar-refractivity contribution in [1.82, 2.24) is 9.88 Å². The van der Waals surface area contributed by atoms with Crippen LogP contribution in [-0.2, 0) is 13.1 Å². The van der Waals surface area contributed by atoms with Crippen molar-refractivity contribution in [3.8, 4) is 5.75 Å². The molecule has 0 aromatic carbocycles. The molecule has 1 aliphatic rings. The zero-order valence-electron chi connectivity index (χ0n) is 11.2. The van der Waals surface area contributed by atoms with Crippen molar-refractivity contribution in [1.29, 1.82) is 0 Å². The summed E-state index contributed by atoms with van der Waals surface area (Å²) in [6.45, 7) is 5.27. The average Bonchev–Trinajstić information content (AvgIpc) is 2.85. The first-order chi connectivity index (χ1) is 8.63. The van der Waals surface area contributed by atoms with Crippen molar-refractivity contribution < 1.29 is 5.11 Å². The summed E-state index contributed by atoms with van der Waals surface area (Å²) in [5, 5.41) is 13.4. The fourth-order valence-corrected chi connectivity index (χ4v) is 2.81. The van der Waals surface area contributed by atoms with Crippen LogP contribution in [-0.4, -0.2) is 15.7 Å². The van der Waals surface area contributed by atoms with Gasteiger partial charge in [-0.1, -0.05) is 12.8 Å². The van der Waals surface area contributed by atoms with E-state index in [9.17, 15) is 9.90 Å². The van der Waals surface area contributed by atoms with Crippen LogP contribution >= 0.6 is 0 Å². The molecule has 0 bridgehead atoms. The topological polar surface area (TPSA) is 54.3 Å². The molecule has 0 atom stereocenters. The van der Waals surface area contributed by atoms with Gasteiger partial charge in [0.05, 0.1) is 5.69 Å². The van der Waals surface area contributed by atoms with Crippen molar-refractivity contribution >= 4 is 0 Å². The summed E-state index contributed by atoms with van der Waals surface area (Å²) >= 11 is 0.